The number of aromatic amines is 1. The summed E-state index contributed by atoms with van der Waals surface area (Å²) in [6.07, 6.45) is 0.633. The van der Waals surface area contributed by atoms with Crippen molar-refractivity contribution in [2.75, 3.05) is 40.0 Å². The van der Waals surface area contributed by atoms with E-state index in [4.69, 9.17) is 9.47 Å². The standard InChI is InChI=1S/C15H22N4O4/c1-3-23-12-6-11(17-18-12)13(20)19-7-10-8-22-5-4-15(10,9-19)14(21)16-2/h6,10H,3-5,7-9H2,1-2H3,(H,16,21)(H,17,18)/t10-,15+/m1/s1. The average molecular weight is 322 g/mol. The molecule has 3 rings (SSSR count). The van der Waals surface area contributed by atoms with Gasteiger partial charge in [0.2, 0.25) is 11.8 Å². The van der Waals surface area contributed by atoms with E-state index in [0.717, 1.165) is 0 Å². The fraction of sp³-hybridized carbons (Fsp3) is 0.667. The molecule has 0 spiro atoms. The Labute approximate surface area is 134 Å². The maximum absolute atomic E-state index is 12.7. The molecule has 0 radical (unpaired) electrons. The molecule has 1 aromatic rings. The van der Waals surface area contributed by atoms with Gasteiger partial charge in [0.25, 0.3) is 5.91 Å². The van der Waals surface area contributed by atoms with Crippen LogP contribution < -0.4 is 10.1 Å². The molecule has 2 aliphatic rings. The van der Waals surface area contributed by atoms with E-state index in [0.29, 0.717) is 50.9 Å². The van der Waals surface area contributed by atoms with Crippen molar-refractivity contribution in [1.29, 1.82) is 0 Å². The van der Waals surface area contributed by atoms with Gasteiger partial charge in [-0.25, -0.2) is 0 Å². The van der Waals surface area contributed by atoms with Crippen LogP contribution in [0, 0.1) is 11.3 Å². The van der Waals surface area contributed by atoms with Gasteiger partial charge in [-0.15, -0.1) is 5.10 Å². The minimum atomic E-state index is -0.550. The van der Waals surface area contributed by atoms with Crippen molar-refractivity contribution < 1.29 is 19.1 Å². The van der Waals surface area contributed by atoms with Gasteiger partial charge >= 0.3 is 0 Å². The van der Waals surface area contributed by atoms with Gasteiger partial charge in [-0.2, -0.15) is 0 Å². The number of ether oxygens (including phenoxy) is 2. The number of aromatic nitrogens is 2. The fourth-order valence-electron chi connectivity index (χ4n) is 3.53. The van der Waals surface area contributed by atoms with E-state index >= 15 is 0 Å². The molecule has 2 saturated heterocycles. The van der Waals surface area contributed by atoms with Gasteiger partial charge in [0, 0.05) is 38.7 Å². The van der Waals surface area contributed by atoms with Crippen LogP contribution in [0.2, 0.25) is 0 Å². The summed E-state index contributed by atoms with van der Waals surface area (Å²) in [6.45, 7) is 4.31. The molecule has 126 valence electrons. The van der Waals surface area contributed by atoms with Gasteiger partial charge in [-0.05, 0) is 13.3 Å². The Morgan fingerprint density at radius 1 is 1.61 bits per heavy atom. The molecule has 23 heavy (non-hydrogen) atoms. The highest BCUT2D eigenvalue weighted by Crippen LogP contribution is 2.42. The lowest BCUT2D eigenvalue weighted by Gasteiger charge is -2.36. The lowest BCUT2D eigenvalue weighted by Crippen LogP contribution is -2.49. The first kappa shape index (κ1) is 15.8. The van der Waals surface area contributed by atoms with E-state index in [-0.39, 0.29) is 17.7 Å². The number of nitrogens with one attached hydrogen (secondary N) is 2. The maximum Gasteiger partial charge on any atom is 0.272 e. The van der Waals surface area contributed by atoms with E-state index in [1.165, 1.54) is 0 Å². The van der Waals surface area contributed by atoms with Crippen LogP contribution in [0.15, 0.2) is 6.07 Å². The summed E-state index contributed by atoms with van der Waals surface area (Å²) < 4.78 is 10.8. The molecule has 2 aliphatic heterocycles. The highest BCUT2D eigenvalue weighted by molar-refractivity contribution is 5.94. The highest BCUT2D eigenvalue weighted by atomic mass is 16.5. The lowest BCUT2D eigenvalue weighted by atomic mass is 9.73. The fourth-order valence-corrected chi connectivity index (χ4v) is 3.53. The third-order valence-electron chi connectivity index (χ3n) is 4.75. The van der Waals surface area contributed by atoms with E-state index in [1.54, 1.807) is 18.0 Å². The van der Waals surface area contributed by atoms with Crippen LogP contribution in [0.25, 0.3) is 0 Å². The lowest BCUT2D eigenvalue weighted by molar-refractivity contribution is -0.138. The van der Waals surface area contributed by atoms with Crippen LogP contribution in [0.5, 0.6) is 5.88 Å². The quantitative estimate of drug-likeness (QED) is 0.815. The van der Waals surface area contributed by atoms with Crippen molar-refractivity contribution in [3.63, 3.8) is 0 Å². The third-order valence-corrected chi connectivity index (χ3v) is 4.75. The molecular formula is C15H22N4O4. The molecule has 8 heteroatoms. The van der Waals surface area contributed by atoms with Crippen molar-refractivity contribution in [3.05, 3.63) is 11.8 Å². The Kier molecular flexibility index (Phi) is 4.25. The molecule has 0 aliphatic carbocycles. The molecule has 2 fully saturated rings. The predicted molar refractivity (Wildman–Crippen MR) is 81.1 cm³/mol. The van der Waals surface area contributed by atoms with Crippen LogP contribution in [0.1, 0.15) is 23.8 Å². The van der Waals surface area contributed by atoms with Crippen LogP contribution in [0.3, 0.4) is 0 Å². The second-order valence-electron chi connectivity index (χ2n) is 6.00. The number of likely N-dealkylation sites (tertiary alicyclic amines) is 1. The molecule has 0 unspecified atom stereocenters. The van der Waals surface area contributed by atoms with Gasteiger partial charge in [0.15, 0.2) is 0 Å². The number of H-pyrrole nitrogens is 1. The number of amides is 2. The molecule has 0 aromatic carbocycles. The summed E-state index contributed by atoms with van der Waals surface area (Å²) in [7, 11) is 1.64. The monoisotopic (exact) mass is 322 g/mol. The molecule has 2 N–H and O–H groups in total. The zero-order valence-electron chi connectivity index (χ0n) is 13.4. The Morgan fingerprint density at radius 3 is 3.17 bits per heavy atom. The number of carbonyl (C=O) groups is 2. The van der Waals surface area contributed by atoms with Gasteiger partial charge < -0.3 is 19.7 Å². The largest absolute Gasteiger partial charge is 0.477 e. The topological polar surface area (TPSA) is 96.5 Å². The summed E-state index contributed by atoms with van der Waals surface area (Å²) in [5.74, 6) is 0.244. The summed E-state index contributed by atoms with van der Waals surface area (Å²) in [5.41, 5.74) is -0.175. The van der Waals surface area contributed by atoms with Crippen LogP contribution >= 0.6 is 0 Å². The zero-order valence-corrected chi connectivity index (χ0v) is 13.4. The number of nitrogens with zero attached hydrogens (tertiary/aromatic N) is 2. The molecule has 2 amide bonds. The van der Waals surface area contributed by atoms with Crippen molar-refractivity contribution in [2.24, 2.45) is 11.3 Å². The molecule has 3 heterocycles. The van der Waals surface area contributed by atoms with Gasteiger partial charge in [-0.3, -0.25) is 14.7 Å². The summed E-state index contributed by atoms with van der Waals surface area (Å²) in [5, 5.41) is 9.41. The maximum atomic E-state index is 12.7. The first-order valence-electron chi connectivity index (χ1n) is 7.88. The Balaban J connectivity index is 1.78. The van der Waals surface area contributed by atoms with Crippen molar-refractivity contribution in [3.8, 4) is 5.88 Å². The zero-order chi connectivity index (χ0) is 16.4. The van der Waals surface area contributed by atoms with E-state index in [1.807, 2.05) is 6.92 Å². The smallest absolute Gasteiger partial charge is 0.272 e. The number of carbonyl (C=O) groups excluding carboxylic acids is 2. The average Bonchev–Trinajstić information content (AvgIpc) is 3.18. The van der Waals surface area contributed by atoms with Crippen LogP contribution in [0.4, 0.5) is 0 Å². The van der Waals surface area contributed by atoms with Crippen LogP contribution in [-0.4, -0.2) is 66.9 Å². The first-order chi connectivity index (χ1) is 11.1. The molecule has 8 nitrogen and oxygen atoms in total. The van der Waals surface area contributed by atoms with Crippen molar-refractivity contribution in [1.82, 2.24) is 20.4 Å². The second kappa shape index (κ2) is 6.19. The summed E-state index contributed by atoms with van der Waals surface area (Å²) in [6, 6.07) is 1.59. The molecule has 1 aromatic heterocycles. The van der Waals surface area contributed by atoms with E-state index in [2.05, 4.69) is 15.5 Å². The summed E-state index contributed by atoms with van der Waals surface area (Å²) in [4.78, 5) is 26.8. The minimum Gasteiger partial charge on any atom is -0.477 e. The Bertz CT molecular complexity index is 602. The minimum absolute atomic E-state index is 0.0132. The molecule has 0 saturated carbocycles. The normalized spacial score (nSPS) is 26.7. The summed E-state index contributed by atoms with van der Waals surface area (Å²) >= 11 is 0. The molecular weight excluding hydrogens is 300 g/mol. The van der Waals surface area contributed by atoms with Crippen LogP contribution in [-0.2, 0) is 9.53 Å². The van der Waals surface area contributed by atoms with Gasteiger partial charge in [0.05, 0.1) is 18.6 Å². The third kappa shape index (κ3) is 2.67. The SMILES string of the molecule is CCOc1cc(C(=O)N2C[C@@H]3COCC[C@]3(C(=O)NC)C2)[nH]n1. The number of fused-ring (bicyclic) bond motifs is 1. The molecule has 2 atom stereocenters. The molecule has 0 bridgehead atoms. The van der Waals surface area contributed by atoms with Crippen molar-refractivity contribution >= 4 is 11.8 Å². The Hall–Kier alpha value is -2.09. The number of hydrogen-bond acceptors (Lipinski definition) is 5. The van der Waals surface area contributed by atoms with E-state index in [9.17, 15) is 9.59 Å². The van der Waals surface area contributed by atoms with Gasteiger partial charge in [-0.1, -0.05) is 0 Å². The predicted octanol–water partition coefficient (Wildman–Crippen LogP) is 0.0331. The highest BCUT2D eigenvalue weighted by Gasteiger charge is 2.54. The van der Waals surface area contributed by atoms with E-state index < -0.39 is 5.41 Å². The Morgan fingerprint density at radius 2 is 2.43 bits per heavy atom. The number of hydrogen-bond donors (Lipinski definition) is 2. The first-order valence-corrected chi connectivity index (χ1v) is 7.88. The van der Waals surface area contributed by atoms with Gasteiger partial charge in [0.1, 0.15) is 5.69 Å². The second-order valence-corrected chi connectivity index (χ2v) is 6.00. The number of rotatable bonds is 4. The van der Waals surface area contributed by atoms with Crippen molar-refractivity contribution in [2.45, 2.75) is 13.3 Å².